The molecule has 3 aromatic rings. The zero-order valence-electron chi connectivity index (χ0n) is 14.6. The van der Waals surface area contributed by atoms with Gasteiger partial charge in [0, 0.05) is 36.6 Å². The van der Waals surface area contributed by atoms with Gasteiger partial charge in [-0.3, -0.25) is 10.1 Å². The van der Waals surface area contributed by atoms with E-state index in [0.717, 1.165) is 37.4 Å². The molecule has 0 aliphatic carbocycles. The second-order valence-corrected chi connectivity index (χ2v) is 6.41. The molecule has 8 nitrogen and oxygen atoms in total. The van der Waals surface area contributed by atoms with Crippen molar-refractivity contribution in [2.45, 2.75) is 18.8 Å². The minimum absolute atomic E-state index is 0.199. The first-order valence-corrected chi connectivity index (χ1v) is 8.72. The predicted molar refractivity (Wildman–Crippen MR) is 97.4 cm³/mol. The summed E-state index contributed by atoms with van der Waals surface area (Å²) in [6.45, 7) is 1.96. The fraction of sp³-hybridized carbons (Fsp3) is 0.333. The zero-order chi connectivity index (χ0) is 17.9. The third-order valence-electron chi connectivity index (χ3n) is 4.64. The molecule has 26 heavy (non-hydrogen) atoms. The van der Waals surface area contributed by atoms with E-state index in [1.54, 1.807) is 36.4 Å². The Hall–Kier alpha value is -3.00. The number of rotatable bonds is 4. The van der Waals surface area contributed by atoms with Crippen molar-refractivity contribution in [3.63, 3.8) is 0 Å². The van der Waals surface area contributed by atoms with Gasteiger partial charge in [-0.25, -0.2) is 9.67 Å². The van der Waals surface area contributed by atoms with Gasteiger partial charge in [-0.15, -0.1) is 0 Å². The van der Waals surface area contributed by atoms with Gasteiger partial charge in [0.05, 0.1) is 6.33 Å². The first kappa shape index (κ1) is 16.5. The highest BCUT2D eigenvalue weighted by Gasteiger charge is 2.21. The molecule has 1 aliphatic rings. The molecule has 0 unspecified atom stereocenters. The van der Waals surface area contributed by atoms with Gasteiger partial charge >= 0.3 is 0 Å². The summed E-state index contributed by atoms with van der Waals surface area (Å²) in [6.07, 6.45) is 7.34. The summed E-state index contributed by atoms with van der Waals surface area (Å²) >= 11 is 0. The molecule has 1 saturated heterocycles. The molecule has 0 spiro atoms. The molecule has 1 fully saturated rings. The van der Waals surface area contributed by atoms with E-state index in [4.69, 9.17) is 0 Å². The van der Waals surface area contributed by atoms with E-state index in [9.17, 15) is 4.79 Å². The molecule has 1 aliphatic heterocycles. The first-order valence-electron chi connectivity index (χ1n) is 8.72. The number of carbonyl (C=O) groups is 1. The van der Waals surface area contributed by atoms with E-state index in [0.29, 0.717) is 17.4 Å². The number of hydrogen-bond acceptors (Lipinski definition) is 5. The number of anilines is 1. The van der Waals surface area contributed by atoms with E-state index >= 15 is 0 Å². The summed E-state index contributed by atoms with van der Waals surface area (Å²) in [5, 5.41) is 10.7. The van der Waals surface area contributed by atoms with E-state index in [1.165, 1.54) is 0 Å². The smallest absolute Gasteiger partial charge is 0.258 e. The van der Waals surface area contributed by atoms with Crippen molar-refractivity contribution in [1.82, 2.24) is 29.6 Å². The van der Waals surface area contributed by atoms with Crippen LogP contribution in [0.5, 0.6) is 0 Å². The van der Waals surface area contributed by atoms with Gasteiger partial charge < -0.3 is 9.88 Å². The Balaban J connectivity index is 1.47. The van der Waals surface area contributed by atoms with Crippen LogP contribution in [0.4, 0.5) is 5.95 Å². The Labute approximate surface area is 151 Å². The standard InChI is InChI=1S/C18H21N7O/c1-24-18(21-16(23-24)13-6-8-19-9-7-13)22-17(26)14-2-4-15(5-3-14)25-11-10-20-12-25/h2-5,10-13,19H,6-9H2,1H3,(H,21,22,23,26). The Bertz CT molecular complexity index is 877. The second kappa shape index (κ2) is 7.09. The number of aromatic nitrogens is 5. The number of nitrogens with zero attached hydrogens (tertiary/aromatic N) is 5. The summed E-state index contributed by atoms with van der Waals surface area (Å²) < 4.78 is 3.52. The summed E-state index contributed by atoms with van der Waals surface area (Å²) in [6, 6.07) is 7.34. The monoisotopic (exact) mass is 351 g/mol. The molecular formula is C18H21N7O. The van der Waals surface area contributed by atoms with Crippen molar-refractivity contribution in [3.05, 3.63) is 54.4 Å². The van der Waals surface area contributed by atoms with Crippen molar-refractivity contribution in [3.8, 4) is 5.69 Å². The minimum Gasteiger partial charge on any atom is -0.317 e. The normalized spacial score (nSPS) is 15.1. The number of imidazole rings is 1. The van der Waals surface area contributed by atoms with Crippen molar-refractivity contribution in [1.29, 1.82) is 0 Å². The number of hydrogen-bond donors (Lipinski definition) is 2. The van der Waals surface area contributed by atoms with Crippen molar-refractivity contribution >= 4 is 11.9 Å². The highest BCUT2D eigenvalue weighted by molar-refractivity contribution is 6.03. The lowest BCUT2D eigenvalue weighted by Crippen LogP contribution is -2.27. The lowest BCUT2D eigenvalue weighted by atomic mass is 9.98. The number of aryl methyl sites for hydroxylation is 1. The zero-order valence-corrected chi connectivity index (χ0v) is 14.6. The van der Waals surface area contributed by atoms with Crippen LogP contribution in [0.15, 0.2) is 43.0 Å². The predicted octanol–water partition coefficient (Wildman–Crippen LogP) is 1.72. The van der Waals surface area contributed by atoms with Gasteiger partial charge in [0.2, 0.25) is 5.95 Å². The molecular weight excluding hydrogens is 330 g/mol. The molecule has 3 heterocycles. The molecule has 0 radical (unpaired) electrons. The van der Waals surface area contributed by atoms with Crippen molar-refractivity contribution in [2.75, 3.05) is 18.4 Å². The first-order chi connectivity index (χ1) is 12.7. The Morgan fingerprint density at radius 2 is 2.00 bits per heavy atom. The van der Waals surface area contributed by atoms with Gasteiger partial charge in [0.1, 0.15) is 0 Å². The number of piperidine rings is 1. The van der Waals surface area contributed by atoms with Crippen LogP contribution in [0.1, 0.15) is 34.9 Å². The van der Waals surface area contributed by atoms with Crippen LogP contribution in [0, 0.1) is 0 Å². The van der Waals surface area contributed by atoms with E-state index < -0.39 is 0 Å². The van der Waals surface area contributed by atoms with Crippen LogP contribution >= 0.6 is 0 Å². The van der Waals surface area contributed by atoms with Gasteiger partial charge in [-0.2, -0.15) is 10.1 Å². The van der Waals surface area contributed by atoms with E-state index in [2.05, 4.69) is 25.7 Å². The molecule has 8 heteroatoms. The fourth-order valence-electron chi connectivity index (χ4n) is 3.14. The van der Waals surface area contributed by atoms with Gasteiger partial charge in [0.25, 0.3) is 5.91 Å². The maximum Gasteiger partial charge on any atom is 0.258 e. The molecule has 1 aromatic carbocycles. The summed E-state index contributed by atoms with van der Waals surface area (Å²) in [5.41, 5.74) is 1.52. The summed E-state index contributed by atoms with van der Waals surface area (Å²) in [4.78, 5) is 21.1. The molecule has 1 amide bonds. The number of carbonyl (C=O) groups excluding carboxylic acids is 1. The van der Waals surface area contributed by atoms with Crippen molar-refractivity contribution < 1.29 is 4.79 Å². The van der Waals surface area contributed by atoms with Gasteiger partial charge in [-0.05, 0) is 50.2 Å². The minimum atomic E-state index is -0.199. The molecule has 0 atom stereocenters. The van der Waals surface area contributed by atoms with Crippen LogP contribution in [0.25, 0.3) is 5.69 Å². The largest absolute Gasteiger partial charge is 0.317 e. The topological polar surface area (TPSA) is 89.7 Å². The number of nitrogens with one attached hydrogen (secondary N) is 2. The molecule has 0 bridgehead atoms. The third-order valence-corrected chi connectivity index (χ3v) is 4.64. The Morgan fingerprint density at radius 1 is 1.23 bits per heavy atom. The Kier molecular flexibility index (Phi) is 4.49. The van der Waals surface area contributed by atoms with Gasteiger partial charge in [-0.1, -0.05) is 0 Å². The molecule has 2 aromatic heterocycles. The van der Waals surface area contributed by atoms with Gasteiger partial charge in [0.15, 0.2) is 5.82 Å². The third kappa shape index (κ3) is 3.36. The summed E-state index contributed by atoms with van der Waals surface area (Å²) in [5.74, 6) is 1.43. The average molecular weight is 351 g/mol. The molecule has 0 saturated carbocycles. The van der Waals surface area contributed by atoms with E-state index in [1.807, 2.05) is 22.9 Å². The second-order valence-electron chi connectivity index (χ2n) is 6.41. The maximum absolute atomic E-state index is 12.5. The highest BCUT2D eigenvalue weighted by Crippen LogP contribution is 2.23. The van der Waals surface area contributed by atoms with Crippen LogP contribution in [0.3, 0.4) is 0 Å². The van der Waals surface area contributed by atoms with E-state index in [-0.39, 0.29) is 5.91 Å². The molecule has 4 rings (SSSR count). The SMILES string of the molecule is Cn1nc(C2CCNCC2)nc1NC(=O)c1ccc(-n2ccnc2)cc1. The highest BCUT2D eigenvalue weighted by atomic mass is 16.1. The van der Waals surface area contributed by atoms with Crippen LogP contribution in [0.2, 0.25) is 0 Å². The lowest BCUT2D eigenvalue weighted by Gasteiger charge is -2.19. The lowest BCUT2D eigenvalue weighted by molar-refractivity contribution is 0.102. The van der Waals surface area contributed by atoms with Crippen LogP contribution in [-0.4, -0.2) is 43.3 Å². The van der Waals surface area contributed by atoms with Crippen molar-refractivity contribution in [2.24, 2.45) is 7.05 Å². The molecule has 2 N–H and O–H groups in total. The number of amides is 1. The quantitative estimate of drug-likeness (QED) is 0.747. The molecule has 134 valence electrons. The Morgan fingerprint density at radius 3 is 2.69 bits per heavy atom. The van der Waals surface area contributed by atoms with Crippen LogP contribution in [-0.2, 0) is 7.05 Å². The fourth-order valence-corrected chi connectivity index (χ4v) is 3.14. The van der Waals surface area contributed by atoms with Crippen LogP contribution < -0.4 is 10.6 Å². The summed E-state index contributed by atoms with van der Waals surface area (Å²) in [7, 11) is 1.80. The maximum atomic E-state index is 12.5. The average Bonchev–Trinajstić information content (AvgIpc) is 3.33. The number of benzene rings is 1.